The van der Waals surface area contributed by atoms with E-state index in [9.17, 15) is 33.0 Å². The van der Waals surface area contributed by atoms with Crippen molar-refractivity contribution in [3.05, 3.63) is 160 Å². The number of halogens is 2. The SMILES string of the molecule is CC(=O)Nc1ccc(N)c(O)c1.CC(=O)Nc1ccc(N=N/C=C2\C=CN(C)c3ccccc32)c(O)c1.CC(=O)Nc1ccc([N+]#N)c(O)c1.CS(=O)(=O)O[O-].Cc1cc[n+](C)c2ccccc12.Cl.O=N[O-].[Cl-].[Na+]. The summed E-state index contributed by atoms with van der Waals surface area (Å²) in [6.45, 7) is 6.31. The number of azo groups is 1. The van der Waals surface area contributed by atoms with E-state index in [1.807, 2.05) is 48.5 Å². The van der Waals surface area contributed by atoms with Gasteiger partial charge in [-0.25, -0.2) is 13.0 Å². The van der Waals surface area contributed by atoms with E-state index in [-0.39, 0.29) is 95.0 Å². The predicted octanol–water partition coefficient (Wildman–Crippen LogP) is 2.10. The minimum absolute atomic E-state index is 0. The Morgan fingerprint density at radius 3 is 1.80 bits per heavy atom. The molecule has 8 N–H and O–H groups in total. The van der Waals surface area contributed by atoms with Gasteiger partial charge in [-0.05, 0) is 61.0 Å². The number of nitrogen functional groups attached to an aromatic ring is 1. The van der Waals surface area contributed by atoms with Crippen LogP contribution < -0.4 is 78.4 Å². The number of rotatable bonds is 6. The van der Waals surface area contributed by atoms with Crippen molar-refractivity contribution in [1.82, 2.24) is 0 Å². The Balaban J connectivity index is 0. The summed E-state index contributed by atoms with van der Waals surface area (Å²) >= 11 is 0. The molecule has 0 bridgehead atoms. The standard InChI is InChI=1S/C19H18N4O2.C11H12N.C8H7N3O2.C8H10N2O2.CH4O4S.2ClH.HNO2.Na/c1-13(24)21-15-7-8-17(19(25)11-15)22-20-12-14-9-10-23(2)18-6-4-3-5-16(14)18;1-9-7-8-12(2)11-6-4-3-5-10(9)11;1-5(12)10-6-2-3-7(11-9)8(13)4-6;1-5(11)10-6-2-3-7(9)8(12)4-6;1-6(3,4)5-2;;;2-1-3;/h3-12,25H,1-2H3,(H,21,24);3-8H,1-2H3;2-4H,1H3,(H-,10,12,13);2-4,12H,9H2,1H3,(H,10,11);2H,1H3;2*1H;(H,2,3);/q;+1;;;;;;;+1/p-2/b14-12+,22-20?;;;;;;;;. The molecule has 3 amide bonds. The number of aromatic hydroxyl groups is 3. The fourth-order valence-corrected chi connectivity index (χ4v) is 5.76. The van der Waals surface area contributed by atoms with Crippen molar-refractivity contribution in [3.8, 4) is 17.2 Å². The summed E-state index contributed by atoms with van der Waals surface area (Å²) in [6, 6.07) is 32.1. The molecule has 0 atom stereocenters. The topological polar surface area (TPSA) is 353 Å². The zero-order valence-corrected chi connectivity index (χ0v) is 45.5. The molecule has 6 aromatic rings. The van der Waals surface area contributed by atoms with Gasteiger partial charge in [0.2, 0.25) is 34.4 Å². The van der Waals surface area contributed by atoms with Crippen LogP contribution in [0.25, 0.3) is 21.5 Å². The van der Waals surface area contributed by atoms with E-state index in [0.29, 0.717) is 34.7 Å². The Labute approximate surface area is 460 Å². The van der Waals surface area contributed by atoms with Crippen molar-refractivity contribution in [3.63, 3.8) is 0 Å². The second-order valence-corrected chi connectivity index (χ2v) is 16.1. The van der Waals surface area contributed by atoms with Gasteiger partial charge in [0.25, 0.3) is 10.1 Å². The number of nitrogens with one attached hydrogen (secondary N) is 3. The fourth-order valence-electron chi connectivity index (χ4n) is 5.76. The van der Waals surface area contributed by atoms with E-state index in [1.165, 1.54) is 73.6 Å². The monoisotopic (exact) mass is 1090 g/mol. The summed E-state index contributed by atoms with van der Waals surface area (Å²) in [5.74, 6) is -0.874. The fraction of sp³-hybridized carbons (Fsp3) is 0.149. The number of fused-ring (bicyclic) bond motifs is 2. The predicted molar refractivity (Wildman–Crippen MR) is 275 cm³/mol. The van der Waals surface area contributed by atoms with Gasteiger partial charge >= 0.3 is 35.2 Å². The van der Waals surface area contributed by atoms with Crippen molar-refractivity contribution >= 4 is 96.5 Å². The third-order valence-corrected chi connectivity index (χ3v) is 9.11. The van der Waals surface area contributed by atoms with Gasteiger partial charge in [-0.3, -0.25) is 14.4 Å². The Hall–Kier alpha value is -7.73. The number of hydrogen-bond donors (Lipinski definition) is 7. The number of phenolic OH excluding ortho intramolecular Hbond substituents is 3. The molecule has 0 spiro atoms. The van der Waals surface area contributed by atoms with E-state index in [1.54, 1.807) is 24.4 Å². The molecule has 1 aliphatic heterocycles. The van der Waals surface area contributed by atoms with Gasteiger partial charge in [0.1, 0.15) is 24.2 Å². The number of aryl methyl sites for hydroxylation is 2. The molecular weight excluding hydrogens is 1040 g/mol. The van der Waals surface area contributed by atoms with E-state index >= 15 is 0 Å². The third kappa shape index (κ3) is 24.6. The molecule has 388 valence electrons. The van der Waals surface area contributed by atoms with Crippen LogP contribution in [0.2, 0.25) is 0 Å². The molecule has 0 unspecified atom stereocenters. The van der Waals surface area contributed by atoms with Crippen LogP contribution in [0.4, 0.5) is 39.8 Å². The number of aromatic nitrogens is 1. The molecule has 7 rings (SSSR count). The minimum atomic E-state index is -3.72. The van der Waals surface area contributed by atoms with E-state index in [2.05, 4.69) is 90.6 Å². The number of pyridine rings is 1. The van der Waals surface area contributed by atoms with Crippen molar-refractivity contribution in [2.45, 2.75) is 27.7 Å². The summed E-state index contributed by atoms with van der Waals surface area (Å²) in [4.78, 5) is 45.1. The van der Waals surface area contributed by atoms with Crippen molar-refractivity contribution in [1.29, 1.82) is 5.39 Å². The number of benzene rings is 5. The van der Waals surface area contributed by atoms with Gasteiger partial charge < -0.3 is 74.0 Å². The summed E-state index contributed by atoms with van der Waals surface area (Å²) in [5.41, 5.74) is 13.3. The molecule has 5 aromatic carbocycles. The maximum atomic E-state index is 11.0. The van der Waals surface area contributed by atoms with Crippen molar-refractivity contribution < 1.29 is 94.2 Å². The van der Waals surface area contributed by atoms with Crippen LogP contribution in [-0.4, -0.2) is 54.8 Å². The zero-order chi connectivity index (χ0) is 53.3. The van der Waals surface area contributed by atoms with Gasteiger partial charge in [0.15, 0.2) is 11.2 Å². The normalized spacial score (nSPS) is 10.9. The van der Waals surface area contributed by atoms with Gasteiger partial charge in [-0.2, -0.15) is 5.11 Å². The van der Waals surface area contributed by atoms with Gasteiger partial charge in [0.05, 0.1) is 18.1 Å². The molecule has 27 heteroatoms. The van der Waals surface area contributed by atoms with Crippen LogP contribution in [0.1, 0.15) is 31.9 Å². The Kier molecular flexibility index (Phi) is 32.0. The molecule has 2 heterocycles. The summed E-state index contributed by atoms with van der Waals surface area (Å²) in [7, 11) is 0.342. The van der Waals surface area contributed by atoms with Crippen LogP contribution in [0, 0.1) is 22.4 Å². The number of nitrogens with zero attached hydrogens (tertiary/aromatic N) is 7. The number of carbonyl (C=O) groups is 3. The average molecular weight is 1090 g/mol. The van der Waals surface area contributed by atoms with Crippen LogP contribution >= 0.6 is 12.4 Å². The first kappa shape index (κ1) is 68.3. The maximum Gasteiger partial charge on any atom is 1.00 e. The number of allylic oxidation sites excluding steroid dienone is 2. The average Bonchev–Trinajstić information content (AvgIpc) is 3.31. The Bertz CT molecular complexity index is 3050. The number of hydrogen-bond acceptors (Lipinski definition) is 18. The molecule has 74 heavy (non-hydrogen) atoms. The molecule has 0 fully saturated rings. The number of phenols is 3. The Morgan fingerprint density at radius 2 is 1.31 bits per heavy atom. The molecule has 0 saturated heterocycles. The molecule has 0 saturated carbocycles. The van der Waals surface area contributed by atoms with Gasteiger partial charge in [-0.1, -0.05) is 30.3 Å². The van der Waals surface area contributed by atoms with E-state index < -0.39 is 10.1 Å². The first-order valence-corrected chi connectivity index (χ1v) is 22.2. The molecule has 0 aliphatic carbocycles. The smallest absolute Gasteiger partial charge is 1.00 e. The number of diazo groups is 1. The van der Waals surface area contributed by atoms with E-state index in [0.717, 1.165) is 22.2 Å². The minimum Gasteiger partial charge on any atom is -1.00 e. The molecule has 1 aliphatic rings. The summed E-state index contributed by atoms with van der Waals surface area (Å²) in [5, 5.41) is 71.6. The summed E-state index contributed by atoms with van der Waals surface area (Å²) in [6.07, 6.45) is 8.35. The molecule has 1 aromatic heterocycles. The van der Waals surface area contributed by atoms with Crippen LogP contribution in [0.5, 0.6) is 17.2 Å². The third-order valence-electron chi connectivity index (χ3n) is 8.87. The number of amides is 3. The quantitative estimate of drug-likeness (QED) is 0.0145. The Morgan fingerprint density at radius 1 is 0.824 bits per heavy atom. The largest absolute Gasteiger partial charge is 1.00 e. The number of carbonyl (C=O) groups excluding carboxylic acids is 3. The maximum absolute atomic E-state index is 11.0. The molecular formula is C47H52Cl2N11NaO12S. The van der Waals surface area contributed by atoms with Crippen molar-refractivity contribution in [2.75, 3.05) is 39.9 Å². The first-order chi connectivity index (χ1) is 33.5. The summed E-state index contributed by atoms with van der Waals surface area (Å²) < 4.78 is 23.7. The number of anilines is 5. The molecule has 23 nitrogen and oxygen atoms in total. The van der Waals surface area contributed by atoms with Crippen LogP contribution in [0.3, 0.4) is 0 Å². The van der Waals surface area contributed by atoms with Gasteiger partial charge in [0, 0.05) is 110 Å². The zero-order valence-electron chi connectivity index (χ0n) is 41.1. The second-order valence-electron chi connectivity index (χ2n) is 14.5. The van der Waals surface area contributed by atoms with Crippen molar-refractivity contribution in [2.24, 2.45) is 22.6 Å². The van der Waals surface area contributed by atoms with E-state index in [4.69, 9.17) is 31.6 Å². The molecule has 0 radical (unpaired) electrons. The second kappa shape index (κ2) is 34.6. The first-order valence-electron chi connectivity index (χ1n) is 20.4. The van der Waals surface area contributed by atoms with Gasteiger partial charge in [-0.15, -0.1) is 22.9 Å². The number of para-hydroxylation sites is 2. The van der Waals surface area contributed by atoms with Crippen LogP contribution in [-0.2, 0) is 35.9 Å². The number of nitrogens with two attached hydrogens (primary N) is 1. The van der Waals surface area contributed by atoms with Crippen LogP contribution in [0.15, 0.2) is 149 Å².